The van der Waals surface area contributed by atoms with Crippen molar-refractivity contribution in [1.82, 2.24) is 4.90 Å². The van der Waals surface area contributed by atoms with E-state index in [0.29, 0.717) is 15.6 Å². The van der Waals surface area contributed by atoms with Crippen molar-refractivity contribution in [3.8, 4) is 0 Å². The molecule has 1 aromatic rings. The SMILES string of the molecule is CC1(C)CCN(CC(=O)c2ccc(Cl)s2)CCS1. The van der Waals surface area contributed by atoms with Crippen molar-refractivity contribution in [3.05, 3.63) is 21.3 Å². The average Bonchev–Trinajstić information content (AvgIpc) is 2.65. The van der Waals surface area contributed by atoms with Gasteiger partial charge in [0.1, 0.15) is 0 Å². The molecule has 18 heavy (non-hydrogen) atoms. The van der Waals surface area contributed by atoms with Crippen molar-refractivity contribution in [2.45, 2.75) is 25.0 Å². The third-order valence-corrected chi connectivity index (χ3v) is 5.79. The van der Waals surface area contributed by atoms with Crippen LogP contribution in [0.1, 0.15) is 29.9 Å². The highest BCUT2D eigenvalue weighted by Crippen LogP contribution is 2.30. The van der Waals surface area contributed by atoms with Crippen LogP contribution >= 0.6 is 34.7 Å². The molecular formula is C13H18ClNOS2. The van der Waals surface area contributed by atoms with Crippen LogP contribution in [0, 0.1) is 0 Å². The fraction of sp³-hybridized carbons (Fsp3) is 0.615. The summed E-state index contributed by atoms with van der Waals surface area (Å²) in [5.74, 6) is 1.29. The summed E-state index contributed by atoms with van der Waals surface area (Å²) in [7, 11) is 0. The number of carbonyl (C=O) groups is 1. The largest absolute Gasteiger partial charge is 0.295 e. The zero-order valence-electron chi connectivity index (χ0n) is 10.7. The number of hydrogen-bond donors (Lipinski definition) is 0. The first kappa shape index (κ1) is 14.4. The lowest BCUT2D eigenvalue weighted by Gasteiger charge is -2.22. The maximum atomic E-state index is 12.1. The Morgan fingerprint density at radius 3 is 2.89 bits per heavy atom. The molecule has 2 rings (SSSR count). The number of halogens is 1. The molecule has 100 valence electrons. The van der Waals surface area contributed by atoms with Crippen molar-refractivity contribution in [2.24, 2.45) is 0 Å². The van der Waals surface area contributed by atoms with Gasteiger partial charge in [-0.25, -0.2) is 0 Å². The van der Waals surface area contributed by atoms with Gasteiger partial charge in [0.25, 0.3) is 0 Å². The number of hydrogen-bond acceptors (Lipinski definition) is 4. The van der Waals surface area contributed by atoms with E-state index in [0.717, 1.165) is 30.1 Å². The molecule has 0 bridgehead atoms. The summed E-state index contributed by atoms with van der Waals surface area (Å²) in [6.07, 6.45) is 1.14. The third-order valence-electron chi connectivity index (χ3n) is 3.15. The summed E-state index contributed by atoms with van der Waals surface area (Å²) < 4.78 is 1.02. The summed E-state index contributed by atoms with van der Waals surface area (Å²) in [6, 6.07) is 3.62. The van der Waals surface area contributed by atoms with E-state index in [1.165, 1.54) is 11.3 Å². The summed E-state index contributed by atoms with van der Waals surface area (Å²) in [6.45, 7) is 7.08. The molecule has 0 radical (unpaired) electrons. The Morgan fingerprint density at radius 2 is 2.22 bits per heavy atom. The molecule has 1 fully saturated rings. The Morgan fingerprint density at radius 1 is 1.44 bits per heavy atom. The van der Waals surface area contributed by atoms with Crippen LogP contribution in [0.4, 0.5) is 0 Å². The van der Waals surface area contributed by atoms with Crippen LogP contribution in [0.2, 0.25) is 4.34 Å². The Kier molecular flexibility index (Phi) is 4.75. The Balaban J connectivity index is 1.91. The number of nitrogens with zero attached hydrogens (tertiary/aromatic N) is 1. The van der Waals surface area contributed by atoms with E-state index in [-0.39, 0.29) is 5.78 Å². The van der Waals surface area contributed by atoms with Crippen LogP contribution in [-0.2, 0) is 0 Å². The fourth-order valence-corrected chi connectivity index (χ4v) is 4.08. The number of carbonyl (C=O) groups excluding carboxylic acids is 1. The molecular weight excluding hydrogens is 286 g/mol. The number of ketones is 1. The number of thiophene rings is 1. The van der Waals surface area contributed by atoms with Crippen molar-refractivity contribution in [1.29, 1.82) is 0 Å². The normalized spacial score (nSPS) is 20.6. The van der Waals surface area contributed by atoms with E-state index >= 15 is 0 Å². The molecule has 1 aliphatic heterocycles. The van der Waals surface area contributed by atoms with Crippen LogP contribution in [0.25, 0.3) is 0 Å². The minimum atomic E-state index is 0.191. The first-order chi connectivity index (χ1) is 8.46. The maximum absolute atomic E-state index is 12.1. The lowest BCUT2D eigenvalue weighted by Crippen LogP contribution is -2.32. The Hall–Kier alpha value is -0.0300. The molecule has 0 unspecified atom stereocenters. The van der Waals surface area contributed by atoms with Gasteiger partial charge in [-0.15, -0.1) is 11.3 Å². The number of Topliss-reactive ketones (excluding diaryl/α,β-unsaturated/α-hetero) is 1. The van der Waals surface area contributed by atoms with Gasteiger partial charge in [-0.3, -0.25) is 9.69 Å². The Bertz CT molecular complexity index is 430. The van der Waals surface area contributed by atoms with Crippen molar-refractivity contribution >= 4 is 40.5 Å². The van der Waals surface area contributed by atoms with Gasteiger partial charge in [-0.1, -0.05) is 25.4 Å². The zero-order chi connectivity index (χ0) is 13.2. The topological polar surface area (TPSA) is 20.3 Å². The molecule has 2 heterocycles. The molecule has 0 saturated carbocycles. The highest BCUT2D eigenvalue weighted by Gasteiger charge is 2.24. The molecule has 1 aromatic heterocycles. The predicted molar refractivity (Wildman–Crippen MR) is 81.3 cm³/mol. The molecule has 0 atom stereocenters. The van der Waals surface area contributed by atoms with E-state index in [2.05, 4.69) is 18.7 Å². The summed E-state index contributed by atoms with van der Waals surface area (Å²) in [4.78, 5) is 15.1. The van der Waals surface area contributed by atoms with Crippen LogP contribution in [0.3, 0.4) is 0 Å². The number of rotatable bonds is 3. The summed E-state index contributed by atoms with van der Waals surface area (Å²) in [5.41, 5.74) is 0. The maximum Gasteiger partial charge on any atom is 0.186 e. The smallest absolute Gasteiger partial charge is 0.186 e. The quantitative estimate of drug-likeness (QED) is 0.792. The minimum Gasteiger partial charge on any atom is -0.295 e. The van der Waals surface area contributed by atoms with Gasteiger partial charge in [0.05, 0.1) is 15.8 Å². The third kappa shape index (κ3) is 3.98. The fourth-order valence-electron chi connectivity index (χ4n) is 1.97. The zero-order valence-corrected chi connectivity index (χ0v) is 13.1. The van der Waals surface area contributed by atoms with Crippen LogP contribution in [0.15, 0.2) is 12.1 Å². The first-order valence-corrected chi connectivity index (χ1v) is 8.29. The highest BCUT2D eigenvalue weighted by molar-refractivity contribution is 8.00. The molecule has 2 nitrogen and oxygen atoms in total. The van der Waals surface area contributed by atoms with Crippen LogP contribution in [0.5, 0.6) is 0 Å². The van der Waals surface area contributed by atoms with Gasteiger partial charge in [-0.2, -0.15) is 11.8 Å². The van der Waals surface area contributed by atoms with E-state index < -0.39 is 0 Å². The second-order valence-electron chi connectivity index (χ2n) is 5.16. The molecule has 0 N–H and O–H groups in total. The standard InChI is InChI=1S/C13H18ClNOS2/c1-13(2)5-6-15(7-8-17-13)9-10(16)11-3-4-12(14)18-11/h3-4H,5-9H2,1-2H3. The highest BCUT2D eigenvalue weighted by atomic mass is 35.5. The molecule has 0 spiro atoms. The molecule has 0 amide bonds. The summed E-state index contributed by atoms with van der Waals surface area (Å²) in [5, 5.41) is 0. The molecule has 0 aromatic carbocycles. The van der Waals surface area contributed by atoms with Crippen molar-refractivity contribution in [3.63, 3.8) is 0 Å². The van der Waals surface area contributed by atoms with Gasteiger partial charge in [-0.05, 0) is 25.1 Å². The van der Waals surface area contributed by atoms with Gasteiger partial charge < -0.3 is 0 Å². The molecule has 5 heteroatoms. The van der Waals surface area contributed by atoms with E-state index in [1.807, 2.05) is 17.8 Å². The van der Waals surface area contributed by atoms with E-state index in [1.54, 1.807) is 6.07 Å². The van der Waals surface area contributed by atoms with Gasteiger partial charge >= 0.3 is 0 Å². The average molecular weight is 304 g/mol. The van der Waals surface area contributed by atoms with Gasteiger partial charge in [0, 0.05) is 17.0 Å². The lowest BCUT2D eigenvalue weighted by molar-refractivity contribution is 0.0938. The predicted octanol–water partition coefficient (Wildman–Crippen LogP) is 3.80. The number of thioether (sulfide) groups is 1. The molecule has 1 saturated heterocycles. The van der Waals surface area contributed by atoms with Gasteiger partial charge in [0.15, 0.2) is 5.78 Å². The van der Waals surface area contributed by atoms with Gasteiger partial charge in [0.2, 0.25) is 0 Å². The molecule has 1 aliphatic rings. The minimum absolute atomic E-state index is 0.191. The van der Waals surface area contributed by atoms with E-state index in [4.69, 9.17) is 11.6 Å². The Labute approximate surface area is 122 Å². The monoisotopic (exact) mass is 303 g/mol. The van der Waals surface area contributed by atoms with E-state index in [9.17, 15) is 4.79 Å². The van der Waals surface area contributed by atoms with Crippen molar-refractivity contribution < 1.29 is 4.79 Å². The van der Waals surface area contributed by atoms with Crippen LogP contribution in [-0.4, -0.2) is 40.8 Å². The molecule has 0 aliphatic carbocycles. The van der Waals surface area contributed by atoms with Crippen LogP contribution < -0.4 is 0 Å². The second kappa shape index (κ2) is 5.95. The first-order valence-electron chi connectivity index (χ1n) is 6.11. The lowest BCUT2D eigenvalue weighted by atomic mass is 10.1. The van der Waals surface area contributed by atoms with Crippen molar-refractivity contribution in [2.75, 3.05) is 25.4 Å². The summed E-state index contributed by atoms with van der Waals surface area (Å²) >= 11 is 9.23. The second-order valence-corrected chi connectivity index (χ2v) is 8.68.